The Bertz CT molecular complexity index is 1570. The maximum Gasteiger partial charge on any atom is 0.335 e. The first-order valence-corrected chi connectivity index (χ1v) is 11.6. The zero-order chi connectivity index (χ0) is 26.4. The van der Waals surface area contributed by atoms with Crippen molar-refractivity contribution in [2.24, 2.45) is 0 Å². The summed E-state index contributed by atoms with van der Waals surface area (Å²) in [4.78, 5) is 20.7. The number of hydrogen-bond acceptors (Lipinski definition) is 4. The van der Waals surface area contributed by atoms with E-state index in [0.717, 1.165) is 27.7 Å². The van der Waals surface area contributed by atoms with Crippen LogP contribution >= 0.6 is 0 Å². The molecule has 0 radical (unpaired) electrons. The summed E-state index contributed by atoms with van der Waals surface area (Å²) in [6.07, 6.45) is 2.51. The molecule has 0 aliphatic carbocycles. The highest BCUT2D eigenvalue weighted by Crippen LogP contribution is 2.27. The Balaban J connectivity index is 0.000000301. The van der Waals surface area contributed by atoms with Gasteiger partial charge in [0.15, 0.2) is 0 Å². The second kappa shape index (κ2) is 11.1. The number of nitro groups is 1. The first-order valence-electron chi connectivity index (χ1n) is 11.6. The minimum atomic E-state index is -0.879. The highest BCUT2D eigenvalue weighted by atomic mass is 16.6. The predicted octanol–water partition coefficient (Wildman–Crippen LogP) is 6.84. The molecule has 0 amide bonds. The molecule has 1 heterocycles. The number of nitrogens with one attached hydrogen (secondary N) is 1. The van der Waals surface area contributed by atoms with E-state index >= 15 is 0 Å². The van der Waals surface area contributed by atoms with Gasteiger partial charge in [0.1, 0.15) is 0 Å². The number of non-ortho nitro benzene ring substituents is 1. The van der Waals surface area contributed by atoms with Gasteiger partial charge in [0.05, 0.1) is 16.0 Å². The molecule has 5 aromatic rings. The Hall–Kier alpha value is -5.04. The van der Waals surface area contributed by atoms with Crippen molar-refractivity contribution in [1.82, 2.24) is 4.57 Å². The molecule has 0 saturated heterocycles. The zero-order valence-corrected chi connectivity index (χ0v) is 20.2. The van der Waals surface area contributed by atoms with E-state index in [4.69, 9.17) is 10.5 Å². The molecule has 0 bridgehead atoms. The Morgan fingerprint density at radius 2 is 1.51 bits per heavy atom. The SMILES string of the molecule is Cc1ccccc1CC(=N)c1cn(-c2ccc([N+](=O)[O-])cc2)c2ccccc12.O=C(O)c1ccccc1. The van der Waals surface area contributed by atoms with Crippen LogP contribution < -0.4 is 0 Å². The quantitative estimate of drug-likeness (QED) is 0.154. The van der Waals surface area contributed by atoms with E-state index in [9.17, 15) is 14.9 Å². The summed E-state index contributed by atoms with van der Waals surface area (Å²) in [6.45, 7) is 2.06. The van der Waals surface area contributed by atoms with Crippen LogP contribution in [0.3, 0.4) is 0 Å². The normalized spacial score (nSPS) is 10.4. The molecule has 7 nitrogen and oxygen atoms in total. The Labute approximate surface area is 213 Å². The van der Waals surface area contributed by atoms with Gasteiger partial charge >= 0.3 is 5.97 Å². The Morgan fingerprint density at radius 3 is 2.14 bits per heavy atom. The van der Waals surface area contributed by atoms with E-state index in [1.54, 1.807) is 42.5 Å². The second-order valence-electron chi connectivity index (χ2n) is 8.46. The van der Waals surface area contributed by atoms with E-state index in [1.807, 2.05) is 47.2 Å². The molecule has 0 aliphatic heterocycles. The number of rotatable bonds is 6. The van der Waals surface area contributed by atoms with E-state index < -0.39 is 10.9 Å². The number of aryl methyl sites for hydroxylation is 1. The third-order valence-corrected chi connectivity index (χ3v) is 6.02. The highest BCUT2D eigenvalue weighted by Gasteiger charge is 2.15. The Kier molecular flexibility index (Phi) is 7.54. The maximum atomic E-state index is 10.9. The van der Waals surface area contributed by atoms with Gasteiger partial charge in [-0.1, -0.05) is 60.7 Å². The van der Waals surface area contributed by atoms with Crippen LogP contribution in [0.1, 0.15) is 27.0 Å². The van der Waals surface area contributed by atoms with Crippen molar-refractivity contribution in [2.45, 2.75) is 13.3 Å². The number of aromatic carboxylic acids is 1. The molecule has 0 aliphatic rings. The van der Waals surface area contributed by atoms with Gasteiger partial charge in [0.25, 0.3) is 5.69 Å². The number of carboxylic acid groups (broad SMARTS) is 1. The second-order valence-corrected chi connectivity index (χ2v) is 8.46. The summed E-state index contributed by atoms with van der Waals surface area (Å²) in [5.74, 6) is -0.879. The van der Waals surface area contributed by atoms with Gasteiger partial charge in [-0.2, -0.15) is 0 Å². The van der Waals surface area contributed by atoms with Crippen LogP contribution in [0.4, 0.5) is 5.69 Å². The number of fused-ring (bicyclic) bond motifs is 1. The smallest absolute Gasteiger partial charge is 0.335 e. The van der Waals surface area contributed by atoms with Crippen LogP contribution in [0.15, 0.2) is 109 Å². The molecule has 0 atom stereocenters. The lowest BCUT2D eigenvalue weighted by molar-refractivity contribution is -0.384. The molecule has 2 N–H and O–H groups in total. The summed E-state index contributed by atoms with van der Waals surface area (Å²) >= 11 is 0. The fourth-order valence-corrected chi connectivity index (χ4v) is 4.04. The van der Waals surface area contributed by atoms with Crippen molar-refractivity contribution in [2.75, 3.05) is 0 Å². The lowest BCUT2D eigenvalue weighted by Gasteiger charge is -2.06. The van der Waals surface area contributed by atoms with Gasteiger partial charge in [-0.3, -0.25) is 10.1 Å². The number of benzene rings is 4. The number of nitro benzene ring substituents is 1. The third kappa shape index (κ3) is 5.79. The van der Waals surface area contributed by atoms with Crippen LogP contribution in [-0.4, -0.2) is 26.3 Å². The van der Waals surface area contributed by atoms with Crippen molar-refractivity contribution in [3.05, 3.63) is 142 Å². The molecule has 0 fully saturated rings. The van der Waals surface area contributed by atoms with Gasteiger partial charge in [-0.15, -0.1) is 0 Å². The topological polar surface area (TPSA) is 109 Å². The molecule has 0 spiro atoms. The Morgan fingerprint density at radius 1 is 0.892 bits per heavy atom. The van der Waals surface area contributed by atoms with Gasteiger partial charge < -0.3 is 15.1 Å². The lowest BCUT2D eigenvalue weighted by atomic mass is 9.99. The molecule has 4 aromatic carbocycles. The molecule has 37 heavy (non-hydrogen) atoms. The fourth-order valence-electron chi connectivity index (χ4n) is 4.04. The van der Waals surface area contributed by atoms with E-state index in [1.165, 1.54) is 17.7 Å². The van der Waals surface area contributed by atoms with Gasteiger partial charge in [-0.25, -0.2) is 4.79 Å². The molecule has 5 rings (SSSR count). The van der Waals surface area contributed by atoms with E-state index in [0.29, 0.717) is 17.7 Å². The van der Waals surface area contributed by atoms with Crippen LogP contribution in [-0.2, 0) is 6.42 Å². The molecule has 1 aromatic heterocycles. The fraction of sp³-hybridized carbons (Fsp3) is 0.0667. The van der Waals surface area contributed by atoms with Crippen molar-refractivity contribution < 1.29 is 14.8 Å². The van der Waals surface area contributed by atoms with E-state index in [2.05, 4.69) is 19.1 Å². The summed E-state index contributed by atoms with van der Waals surface area (Å²) in [5.41, 5.74) is 5.93. The lowest BCUT2D eigenvalue weighted by Crippen LogP contribution is -2.04. The van der Waals surface area contributed by atoms with Crippen molar-refractivity contribution >= 4 is 28.3 Å². The van der Waals surface area contributed by atoms with Crippen LogP contribution in [0.5, 0.6) is 0 Å². The first-order chi connectivity index (χ1) is 17.8. The molecule has 184 valence electrons. The summed E-state index contributed by atoms with van der Waals surface area (Å²) < 4.78 is 1.99. The van der Waals surface area contributed by atoms with Crippen molar-refractivity contribution in [3.63, 3.8) is 0 Å². The van der Waals surface area contributed by atoms with Crippen LogP contribution in [0, 0.1) is 22.4 Å². The maximum absolute atomic E-state index is 10.9. The number of para-hydroxylation sites is 1. The summed E-state index contributed by atoms with van der Waals surface area (Å²) in [5, 5.41) is 29.0. The van der Waals surface area contributed by atoms with Crippen LogP contribution in [0.2, 0.25) is 0 Å². The summed E-state index contributed by atoms with van der Waals surface area (Å²) in [6, 6.07) is 30.8. The highest BCUT2D eigenvalue weighted by molar-refractivity contribution is 6.10. The number of aromatic nitrogens is 1. The number of carbonyl (C=O) groups is 1. The molecular weight excluding hydrogens is 466 g/mol. The molecular formula is C30H25N3O4. The molecule has 0 unspecified atom stereocenters. The van der Waals surface area contributed by atoms with Gasteiger partial charge in [0.2, 0.25) is 0 Å². The predicted molar refractivity (Wildman–Crippen MR) is 145 cm³/mol. The van der Waals surface area contributed by atoms with Crippen LogP contribution in [0.25, 0.3) is 16.6 Å². The first kappa shape index (κ1) is 25.1. The zero-order valence-electron chi connectivity index (χ0n) is 20.2. The third-order valence-electron chi connectivity index (χ3n) is 6.02. The monoisotopic (exact) mass is 491 g/mol. The average molecular weight is 492 g/mol. The summed E-state index contributed by atoms with van der Waals surface area (Å²) in [7, 11) is 0. The minimum absolute atomic E-state index is 0.0627. The molecule has 7 heteroatoms. The van der Waals surface area contributed by atoms with E-state index in [-0.39, 0.29) is 5.69 Å². The number of hydrogen-bond donors (Lipinski definition) is 2. The standard InChI is InChI=1S/C23H19N3O2.C7H6O2/c1-16-6-2-3-7-17(16)14-22(24)21-15-25(23-9-5-4-8-20(21)23)18-10-12-19(13-11-18)26(27)28;8-7(9)6-4-2-1-3-5-6/h2-13,15,24H,14H2,1H3;1-5H,(H,8,9). The number of nitrogens with zero attached hydrogens (tertiary/aromatic N) is 2. The number of carboxylic acids is 1. The molecule has 0 saturated carbocycles. The van der Waals surface area contributed by atoms with Gasteiger partial charge in [0, 0.05) is 47.1 Å². The average Bonchev–Trinajstić information content (AvgIpc) is 3.31. The van der Waals surface area contributed by atoms with Gasteiger partial charge in [-0.05, 0) is 48.4 Å². The minimum Gasteiger partial charge on any atom is -0.478 e. The largest absolute Gasteiger partial charge is 0.478 e. The van der Waals surface area contributed by atoms with Crippen molar-refractivity contribution in [1.29, 1.82) is 5.41 Å². The van der Waals surface area contributed by atoms with Crippen molar-refractivity contribution in [3.8, 4) is 5.69 Å².